The van der Waals surface area contributed by atoms with Crippen molar-refractivity contribution < 1.29 is 4.74 Å². The Kier molecular flexibility index (Phi) is 7.17. The van der Waals surface area contributed by atoms with Crippen LogP contribution in [0.15, 0.2) is 0 Å². The van der Waals surface area contributed by atoms with E-state index in [0.717, 1.165) is 48.8 Å². The molecule has 122 valence electrons. The predicted octanol–water partition coefficient (Wildman–Crippen LogP) is 3.59. The van der Waals surface area contributed by atoms with E-state index in [1.54, 1.807) is 7.11 Å². The number of aromatic nitrogens is 2. The summed E-state index contributed by atoms with van der Waals surface area (Å²) >= 11 is 6.43. The van der Waals surface area contributed by atoms with Crippen molar-refractivity contribution >= 4 is 11.6 Å². The highest BCUT2D eigenvalue weighted by Gasteiger charge is 2.25. The second-order valence-electron chi connectivity index (χ2n) is 6.18. The Balaban J connectivity index is 2.90. The van der Waals surface area contributed by atoms with Gasteiger partial charge in [0.25, 0.3) is 0 Å². The first kappa shape index (κ1) is 18.5. The van der Waals surface area contributed by atoms with Crippen LogP contribution in [0, 0.1) is 6.92 Å². The summed E-state index contributed by atoms with van der Waals surface area (Å²) < 4.78 is 7.59. The second-order valence-corrected chi connectivity index (χ2v) is 6.56. The smallest absolute Gasteiger partial charge is 0.0847 e. The first-order chi connectivity index (χ1) is 9.84. The summed E-state index contributed by atoms with van der Waals surface area (Å²) in [7, 11) is 1.77. The fourth-order valence-electron chi connectivity index (χ4n) is 2.54. The molecule has 0 aliphatic heterocycles. The standard InChI is InChI=1S/C16H30ClN3O/c1-7-9-18-13(11-16(4,5)21-6)10-14-15(17)12(3)19-20(14)8-2/h13,18H,7-11H2,1-6H3. The van der Waals surface area contributed by atoms with Crippen LogP contribution in [0.3, 0.4) is 0 Å². The van der Waals surface area contributed by atoms with Gasteiger partial charge in [-0.2, -0.15) is 5.10 Å². The minimum absolute atomic E-state index is 0.149. The molecular formula is C16H30ClN3O. The molecule has 21 heavy (non-hydrogen) atoms. The van der Waals surface area contributed by atoms with Gasteiger partial charge in [-0.15, -0.1) is 0 Å². The number of aryl methyl sites for hydroxylation is 2. The van der Waals surface area contributed by atoms with E-state index in [9.17, 15) is 0 Å². The van der Waals surface area contributed by atoms with Gasteiger partial charge in [0.05, 0.1) is 22.0 Å². The summed E-state index contributed by atoms with van der Waals surface area (Å²) in [5, 5.41) is 8.92. The van der Waals surface area contributed by atoms with Crippen LogP contribution in [0.25, 0.3) is 0 Å². The summed E-state index contributed by atoms with van der Waals surface area (Å²) in [6, 6.07) is 0.332. The van der Waals surface area contributed by atoms with Crippen molar-refractivity contribution in [3.8, 4) is 0 Å². The molecule has 0 fully saturated rings. The Labute approximate surface area is 134 Å². The van der Waals surface area contributed by atoms with E-state index < -0.39 is 0 Å². The van der Waals surface area contributed by atoms with Crippen LogP contribution in [0.4, 0.5) is 0 Å². The fourth-order valence-corrected chi connectivity index (χ4v) is 2.75. The van der Waals surface area contributed by atoms with E-state index in [0.29, 0.717) is 6.04 Å². The van der Waals surface area contributed by atoms with Gasteiger partial charge < -0.3 is 10.1 Å². The zero-order chi connectivity index (χ0) is 16.0. The molecule has 0 aromatic carbocycles. The van der Waals surface area contributed by atoms with Crippen LogP contribution in [-0.2, 0) is 17.7 Å². The Morgan fingerprint density at radius 1 is 1.38 bits per heavy atom. The van der Waals surface area contributed by atoms with Crippen LogP contribution in [-0.4, -0.2) is 35.1 Å². The van der Waals surface area contributed by atoms with Crippen LogP contribution >= 0.6 is 11.6 Å². The number of nitrogens with one attached hydrogen (secondary N) is 1. The Bertz CT molecular complexity index is 443. The molecule has 5 heteroatoms. The lowest BCUT2D eigenvalue weighted by Crippen LogP contribution is -2.39. The lowest BCUT2D eigenvalue weighted by atomic mass is 9.95. The monoisotopic (exact) mass is 315 g/mol. The van der Waals surface area contributed by atoms with E-state index in [1.807, 2.05) is 11.6 Å². The Hall–Kier alpha value is -0.580. The van der Waals surface area contributed by atoms with Gasteiger partial charge in [0, 0.05) is 26.1 Å². The summed E-state index contributed by atoms with van der Waals surface area (Å²) in [5.74, 6) is 0. The first-order valence-electron chi connectivity index (χ1n) is 7.84. The Morgan fingerprint density at radius 2 is 2.05 bits per heavy atom. The third-order valence-electron chi connectivity index (χ3n) is 3.87. The van der Waals surface area contributed by atoms with Crippen LogP contribution in [0.2, 0.25) is 5.02 Å². The highest BCUT2D eigenvalue weighted by molar-refractivity contribution is 6.31. The van der Waals surface area contributed by atoms with Gasteiger partial charge in [-0.25, -0.2) is 0 Å². The fraction of sp³-hybridized carbons (Fsp3) is 0.812. The molecule has 0 radical (unpaired) electrons. The summed E-state index contributed by atoms with van der Waals surface area (Å²) in [5.41, 5.74) is 1.88. The molecular weight excluding hydrogens is 286 g/mol. The molecule has 0 saturated heterocycles. The minimum Gasteiger partial charge on any atom is -0.379 e. The van der Waals surface area contributed by atoms with Crippen LogP contribution < -0.4 is 5.32 Å². The largest absolute Gasteiger partial charge is 0.379 e. The second kappa shape index (κ2) is 8.16. The average Bonchev–Trinajstić information content (AvgIpc) is 2.72. The summed E-state index contributed by atoms with van der Waals surface area (Å²) in [6.45, 7) is 12.3. The molecule has 0 spiro atoms. The SMILES string of the molecule is CCCNC(Cc1c(Cl)c(C)nn1CC)CC(C)(C)OC. The maximum Gasteiger partial charge on any atom is 0.0847 e. The summed E-state index contributed by atoms with van der Waals surface area (Å²) in [6.07, 6.45) is 2.93. The lowest BCUT2D eigenvalue weighted by molar-refractivity contribution is 0.00699. The van der Waals surface area contributed by atoms with Gasteiger partial charge in [0.1, 0.15) is 0 Å². The molecule has 1 aromatic heterocycles. The van der Waals surface area contributed by atoms with Gasteiger partial charge in [0.2, 0.25) is 0 Å². The number of nitrogens with zero attached hydrogens (tertiary/aromatic N) is 2. The third kappa shape index (κ3) is 5.28. The third-order valence-corrected chi connectivity index (χ3v) is 4.36. The number of hydrogen-bond acceptors (Lipinski definition) is 3. The molecule has 0 aliphatic carbocycles. The number of hydrogen-bond donors (Lipinski definition) is 1. The van der Waals surface area contributed by atoms with Gasteiger partial charge in [-0.3, -0.25) is 4.68 Å². The zero-order valence-corrected chi connectivity index (χ0v) is 15.0. The molecule has 1 unspecified atom stereocenters. The highest BCUT2D eigenvalue weighted by Crippen LogP contribution is 2.24. The van der Waals surface area contributed by atoms with E-state index in [2.05, 4.69) is 38.1 Å². The minimum atomic E-state index is -0.149. The first-order valence-corrected chi connectivity index (χ1v) is 8.22. The highest BCUT2D eigenvalue weighted by atomic mass is 35.5. The average molecular weight is 316 g/mol. The molecule has 1 rings (SSSR count). The summed E-state index contributed by atoms with van der Waals surface area (Å²) in [4.78, 5) is 0. The molecule has 0 amide bonds. The molecule has 1 N–H and O–H groups in total. The number of methoxy groups -OCH3 is 1. The van der Waals surface area contributed by atoms with Crippen LogP contribution in [0.1, 0.15) is 51.9 Å². The van der Waals surface area contributed by atoms with E-state index in [1.165, 1.54) is 0 Å². The predicted molar refractivity (Wildman–Crippen MR) is 89.1 cm³/mol. The van der Waals surface area contributed by atoms with E-state index in [4.69, 9.17) is 16.3 Å². The van der Waals surface area contributed by atoms with Gasteiger partial charge in [-0.05, 0) is 47.1 Å². The van der Waals surface area contributed by atoms with Crippen molar-refractivity contribution in [2.75, 3.05) is 13.7 Å². The van der Waals surface area contributed by atoms with Gasteiger partial charge >= 0.3 is 0 Å². The normalized spacial score (nSPS) is 13.7. The lowest BCUT2D eigenvalue weighted by Gasteiger charge is -2.29. The maximum atomic E-state index is 6.43. The molecule has 1 heterocycles. The number of rotatable bonds is 9. The van der Waals surface area contributed by atoms with E-state index in [-0.39, 0.29) is 5.60 Å². The topological polar surface area (TPSA) is 39.1 Å². The van der Waals surface area contributed by atoms with Gasteiger partial charge in [-0.1, -0.05) is 18.5 Å². The number of ether oxygens (including phenoxy) is 1. The molecule has 1 atom stereocenters. The molecule has 4 nitrogen and oxygen atoms in total. The Morgan fingerprint density at radius 3 is 2.57 bits per heavy atom. The van der Waals surface area contributed by atoms with Crippen molar-refractivity contribution in [3.05, 3.63) is 16.4 Å². The van der Waals surface area contributed by atoms with Crippen molar-refractivity contribution in [2.24, 2.45) is 0 Å². The molecule has 0 saturated carbocycles. The maximum absolute atomic E-state index is 6.43. The van der Waals surface area contributed by atoms with Crippen molar-refractivity contribution in [3.63, 3.8) is 0 Å². The van der Waals surface area contributed by atoms with Gasteiger partial charge in [0.15, 0.2) is 0 Å². The van der Waals surface area contributed by atoms with Crippen molar-refractivity contribution in [1.82, 2.24) is 15.1 Å². The molecule has 0 bridgehead atoms. The number of halogens is 1. The van der Waals surface area contributed by atoms with E-state index >= 15 is 0 Å². The quantitative estimate of drug-likeness (QED) is 0.757. The van der Waals surface area contributed by atoms with Crippen LogP contribution in [0.5, 0.6) is 0 Å². The van der Waals surface area contributed by atoms with Crippen molar-refractivity contribution in [1.29, 1.82) is 0 Å². The molecule has 0 aliphatic rings. The van der Waals surface area contributed by atoms with Crippen molar-refractivity contribution in [2.45, 2.75) is 72.1 Å². The zero-order valence-electron chi connectivity index (χ0n) is 14.3. The molecule has 1 aromatic rings.